The Morgan fingerprint density at radius 3 is 0.802 bits per heavy atom. The van der Waals surface area contributed by atoms with Crippen LogP contribution in [0.4, 0.5) is 0 Å². The SMILES string of the molecule is CC/C=C\C/C=C\C/C=C\C/C=C\C/C=C\C/C=C\C/C=C\C/C=C\C/C=C\CCCC(=O)OCC(COC(=O)CCCCCCCCCCCCCCCCCCC)OC(=O)CCCCCCCCC/C=C\C/C=C\C/C=C\CC. The molecule has 0 spiro atoms. The van der Waals surface area contributed by atoms with E-state index in [-0.39, 0.29) is 37.5 Å². The molecule has 0 rings (SSSR count). The first-order chi connectivity index (χ1) is 40.0. The Hall–Kier alpha value is -4.71. The van der Waals surface area contributed by atoms with Crippen LogP contribution in [0.5, 0.6) is 0 Å². The minimum atomic E-state index is -0.813. The molecule has 0 saturated heterocycles. The van der Waals surface area contributed by atoms with E-state index in [9.17, 15) is 14.4 Å². The van der Waals surface area contributed by atoms with Gasteiger partial charge < -0.3 is 14.2 Å². The molecule has 6 nitrogen and oxygen atoms in total. The summed E-state index contributed by atoms with van der Waals surface area (Å²) in [6, 6.07) is 0. The van der Waals surface area contributed by atoms with Crippen molar-refractivity contribution in [1.82, 2.24) is 0 Å². The summed E-state index contributed by atoms with van der Waals surface area (Å²) in [6.45, 7) is 6.38. The molecule has 0 aliphatic rings. The molecule has 0 radical (unpaired) electrons. The van der Waals surface area contributed by atoms with Crippen LogP contribution in [0.15, 0.2) is 146 Å². The van der Waals surface area contributed by atoms with Crippen molar-refractivity contribution in [3.05, 3.63) is 146 Å². The molecule has 0 fully saturated rings. The smallest absolute Gasteiger partial charge is 0.306 e. The number of hydrogen-bond acceptors (Lipinski definition) is 6. The number of hydrogen-bond donors (Lipinski definition) is 0. The van der Waals surface area contributed by atoms with Gasteiger partial charge in [-0.05, 0) is 116 Å². The number of carbonyl (C=O) groups excluding carboxylic acids is 3. The van der Waals surface area contributed by atoms with Crippen molar-refractivity contribution in [3.8, 4) is 0 Å². The average Bonchev–Trinajstić information content (AvgIpc) is 3.47. The van der Waals surface area contributed by atoms with Gasteiger partial charge in [-0.3, -0.25) is 14.4 Å². The van der Waals surface area contributed by atoms with E-state index in [2.05, 4.69) is 167 Å². The van der Waals surface area contributed by atoms with E-state index in [1.54, 1.807) is 0 Å². The van der Waals surface area contributed by atoms with Crippen LogP contribution in [-0.4, -0.2) is 37.2 Å². The summed E-state index contributed by atoms with van der Waals surface area (Å²) in [6.07, 6.45) is 97.2. The maximum atomic E-state index is 12.9. The van der Waals surface area contributed by atoms with Gasteiger partial charge in [-0.2, -0.15) is 0 Å². The van der Waals surface area contributed by atoms with Gasteiger partial charge >= 0.3 is 17.9 Å². The molecule has 81 heavy (non-hydrogen) atoms. The highest BCUT2D eigenvalue weighted by molar-refractivity contribution is 5.71. The van der Waals surface area contributed by atoms with E-state index >= 15 is 0 Å². The molecule has 458 valence electrons. The lowest BCUT2D eigenvalue weighted by molar-refractivity contribution is -0.167. The molecular weight excluding hydrogens is 997 g/mol. The van der Waals surface area contributed by atoms with Crippen molar-refractivity contribution >= 4 is 17.9 Å². The van der Waals surface area contributed by atoms with Gasteiger partial charge in [0.05, 0.1) is 0 Å². The highest BCUT2D eigenvalue weighted by Crippen LogP contribution is 2.16. The first kappa shape index (κ1) is 76.3. The molecule has 1 atom stereocenters. The molecule has 0 aliphatic heterocycles. The van der Waals surface area contributed by atoms with Crippen LogP contribution in [0.3, 0.4) is 0 Å². The summed E-state index contributed by atoms with van der Waals surface area (Å²) >= 11 is 0. The largest absolute Gasteiger partial charge is 0.462 e. The van der Waals surface area contributed by atoms with Crippen LogP contribution in [0.1, 0.15) is 290 Å². The van der Waals surface area contributed by atoms with Gasteiger partial charge in [0.15, 0.2) is 6.10 Å². The fourth-order valence-corrected chi connectivity index (χ4v) is 8.93. The number of esters is 3. The van der Waals surface area contributed by atoms with E-state index in [0.29, 0.717) is 19.3 Å². The maximum Gasteiger partial charge on any atom is 0.306 e. The van der Waals surface area contributed by atoms with Crippen LogP contribution in [-0.2, 0) is 28.6 Å². The van der Waals surface area contributed by atoms with E-state index < -0.39 is 6.10 Å². The zero-order valence-corrected chi connectivity index (χ0v) is 52.5. The zero-order chi connectivity index (χ0) is 58.5. The highest BCUT2D eigenvalue weighted by Gasteiger charge is 2.19. The summed E-state index contributed by atoms with van der Waals surface area (Å²) in [5.41, 5.74) is 0. The molecule has 6 heteroatoms. The Morgan fingerprint density at radius 2 is 0.494 bits per heavy atom. The second-order valence-electron chi connectivity index (χ2n) is 21.6. The van der Waals surface area contributed by atoms with Crippen LogP contribution in [0.25, 0.3) is 0 Å². The summed E-state index contributed by atoms with van der Waals surface area (Å²) < 4.78 is 16.9. The highest BCUT2D eigenvalue weighted by atomic mass is 16.6. The lowest BCUT2D eigenvalue weighted by atomic mass is 10.0. The lowest BCUT2D eigenvalue weighted by Crippen LogP contribution is -2.30. The molecule has 0 heterocycles. The van der Waals surface area contributed by atoms with E-state index in [1.807, 2.05) is 0 Å². The van der Waals surface area contributed by atoms with Crippen molar-refractivity contribution in [2.75, 3.05) is 13.2 Å². The number of ether oxygens (including phenoxy) is 3. The van der Waals surface area contributed by atoms with E-state index in [1.165, 1.54) is 116 Å². The van der Waals surface area contributed by atoms with Crippen molar-refractivity contribution < 1.29 is 28.6 Å². The van der Waals surface area contributed by atoms with Crippen LogP contribution < -0.4 is 0 Å². The van der Waals surface area contributed by atoms with Crippen molar-refractivity contribution in [1.29, 1.82) is 0 Å². The summed E-state index contributed by atoms with van der Waals surface area (Å²) in [5.74, 6) is -0.970. The normalized spacial score (nSPS) is 13.1. The second-order valence-corrected chi connectivity index (χ2v) is 21.6. The van der Waals surface area contributed by atoms with Gasteiger partial charge in [-0.1, -0.05) is 301 Å². The molecule has 0 N–H and O–H groups in total. The molecular formula is C75H122O6. The van der Waals surface area contributed by atoms with Crippen molar-refractivity contribution in [2.45, 2.75) is 297 Å². The first-order valence-corrected chi connectivity index (χ1v) is 33.3. The van der Waals surface area contributed by atoms with Gasteiger partial charge in [0.25, 0.3) is 0 Å². The first-order valence-electron chi connectivity index (χ1n) is 33.3. The molecule has 0 aromatic heterocycles. The van der Waals surface area contributed by atoms with Crippen LogP contribution >= 0.6 is 0 Å². The molecule has 1 unspecified atom stereocenters. The van der Waals surface area contributed by atoms with Gasteiger partial charge in [0.2, 0.25) is 0 Å². The van der Waals surface area contributed by atoms with E-state index in [4.69, 9.17) is 14.2 Å². The molecule has 0 aliphatic carbocycles. The van der Waals surface area contributed by atoms with Crippen molar-refractivity contribution in [2.24, 2.45) is 0 Å². The van der Waals surface area contributed by atoms with Gasteiger partial charge in [0.1, 0.15) is 13.2 Å². The predicted octanol–water partition coefficient (Wildman–Crippen LogP) is 23.1. The fourth-order valence-electron chi connectivity index (χ4n) is 8.93. The second kappa shape index (κ2) is 67.8. The average molecular weight is 1120 g/mol. The number of carbonyl (C=O) groups is 3. The lowest BCUT2D eigenvalue weighted by Gasteiger charge is -2.18. The Morgan fingerprint density at radius 1 is 0.259 bits per heavy atom. The third-order valence-corrected chi connectivity index (χ3v) is 13.8. The Balaban J connectivity index is 4.47. The topological polar surface area (TPSA) is 78.9 Å². The minimum absolute atomic E-state index is 0.102. The molecule has 0 amide bonds. The number of unbranched alkanes of at least 4 members (excludes halogenated alkanes) is 24. The quantitative estimate of drug-likeness (QED) is 0.0261. The number of rotatable bonds is 59. The monoisotopic (exact) mass is 1120 g/mol. The zero-order valence-electron chi connectivity index (χ0n) is 52.5. The van der Waals surface area contributed by atoms with E-state index in [0.717, 1.165) is 128 Å². The van der Waals surface area contributed by atoms with Crippen molar-refractivity contribution in [3.63, 3.8) is 0 Å². The maximum absolute atomic E-state index is 12.9. The Kier molecular flexibility index (Phi) is 63.9. The van der Waals surface area contributed by atoms with Crippen LogP contribution in [0, 0.1) is 0 Å². The Labute approximate surface area is 499 Å². The van der Waals surface area contributed by atoms with Crippen LogP contribution in [0.2, 0.25) is 0 Å². The standard InChI is InChI=1S/C75H122O6/c1-4-7-10-13-16-19-22-25-28-31-32-33-34-35-36-37-38-39-40-41-42-45-47-50-53-56-59-62-65-68-74(77)80-71-72(81-75(78)69-66-63-60-57-54-51-48-44-30-27-24-21-18-15-12-9-6-3)70-79-73(76)67-64-61-58-55-52-49-46-43-29-26-23-20-17-14-11-8-5-2/h7,9-10,12,16,18-19,21,25,27-28,30,32-33,35-36,38-39,41-42,47,50,56,59,72H,4-6,8,11,13-15,17,20,22-24,26,29,31,34,37,40,43-46,48-49,51-55,57-58,60-71H2,1-3H3/b10-7-,12-9-,19-16-,21-18-,28-25-,30-27-,33-32-,36-35-,39-38-,42-41-,50-47-,59-56-. The van der Waals surface area contributed by atoms with Gasteiger partial charge in [0, 0.05) is 19.3 Å². The third kappa shape index (κ3) is 66.0. The molecule has 0 aromatic carbocycles. The summed E-state index contributed by atoms with van der Waals surface area (Å²) in [7, 11) is 0. The summed E-state index contributed by atoms with van der Waals surface area (Å²) in [5, 5.41) is 0. The number of allylic oxidation sites excluding steroid dienone is 24. The molecule has 0 saturated carbocycles. The minimum Gasteiger partial charge on any atom is -0.462 e. The fraction of sp³-hybridized carbons (Fsp3) is 0.640. The van der Waals surface area contributed by atoms with Gasteiger partial charge in [-0.15, -0.1) is 0 Å². The molecule has 0 bridgehead atoms. The van der Waals surface area contributed by atoms with Gasteiger partial charge in [-0.25, -0.2) is 0 Å². The third-order valence-electron chi connectivity index (χ3n) is 13.8. The summed E-state index contributed by atoms with van der Waals surface area (Å²) in [4.78, 5) is 38.4. The predicted molar refractivity (Wildman–Crippen MR) is 352 cm³/mol. The molecule has 0 aromatic rings. The Bertz CT molecular complexity index is 1760.